The molecular formula is C44H58N4O14. The summed E-state index contributed by atoms with van der Waals surface area (Å²) in [7, 11) is 4.86. The van der Waals surface area contributed by atoms with E-state index in [2.05, 4.69) is 26.8 Å². The van der Waals surface area contributed by atoms with Crippen molar-refractivity contribution in [3.63, 3.8) is 0 Å². The molecule has 18 nitrogen and oxygen atoms in total. The van der Waals surface area contributed by atoms with Gasteiger partial charge < -0.3 is 71.8 Å². The predicted octanol–water partition coefficient (Wildman–Crippen LogP) is 3.12. The molecule has 62 heavy (non-hydrogen) atoms. The number of methoxy groups -OCH3 is 3. The average molecular weight is 867 g/mol. The molecule has 0 aliphatic carbocycles. The lowest BCUT2D eigenvalue weighted by atomic mass is 10.1. The Bertz CT molecular complexity index is 2190. The van der Waals surface area contributed by atoms with Crippen LogP contribution in [0.2, 0.25) is 0 Å². The summed E-state index contributed by atoms with van der Waals surface area (Å²) in [5.41, 5.74) is 3.79. The zero-order valence-electron chi connectivity index (χ0n) is 35.7. The Morgan fingerprint density at radius 3 is 1.47 bits per heavy atom. The summed E-state index contributed by atoms with van der Waals surface area (Å²) in [6.07, 6.45) is 0. The molecule has 0 spiro atoms. The molecule has 2 aromatic heterocycles. The number of ether oxygens (including phenoxy) is 12. The van der Waals surface area contributed by atoms with Crippen molar-refractivity contribution in [1.29, 1.82) is 0 Å². The number of benzene rings is 3. The van der Waals surface area contributed by atoms with Gasteiger partial charge in [0, 0.05) is 21.3 Å². The fraction of sp³-hybridized carbons (Fsp3) is 0.500. The SMILES string of the molecule is COCCOCCOCCOc1cc(Cn2c(=O)[nH]c3c(C#Cc4cccc5[nH]c(=O)[nH]c45)cccc32)cc(OCCOCCOCCOC)c1OCCOCCOCCOC. The fourth-order valence-electron chi connectivity index (χ4n) is 6.02. The van der Waals surface area contributed by atoms with Crippen LogP contribution in [0.3, 0.4) is 0 Å². The van der Waals surface area contributed by atoms with E-state index in [1.807, 2.05) is 42.5 Å². The van der Waals surface area contributed by atoms with E-state index in [0.29, 0.717) is 135 Å². The Morgan fingerprint density at radius 2 is 0.952 bits per heavy atom. The lowest BCUT2D eigenvalue weighted by Crippen LogP contribution is -2.18. The number of fused-ring (bicyclic) bond motifs is 2. The fourth-order valence-corrected chi connectivity index (χ4v) is 6.02. The van der Waals surface area contributed by atoms with Crippen molar-refractivity contribution >= 4 is 22.1 Å². The van der Waals surface area contributed by atoms with E-state index in [4.69, 9.17) is 56.8 Å². The highest BCUT2D eigenvalue weighted by Crippen LogP contribution is 2.39. The zero-order valence-corrected chi connectivity index (χ0v) is 35.7. The first-order chi connectivity index (χ1) is 30.5. The molecular weight excluding hydrogens is 808 g/mol. The van der Waals surface area contributed by atoms with E-state index < -0.39 is 0 Å². The van der Waals surface area contributed by atoms with Crippen molar-refractivity contribution < 1.29 is 56.8 Å². The van der Waals surface area contributed by atoms with Gasteiger partial charge in [0.1, 0.15) is 19.8 Å². The first-order valence-corrected chi connectivity index (χ1v) is 20.5. The van der Waals surface area contributed by atoms with Crippen molar-refractivity contribution in [3.8, 4) is 29.1 Å². The van der Waals surface area contributed by atoms with E-state index in [-0.39, 0.29) is 57.6 Å². The molecule has 0 saturated heterocycles. The molecule has 338 valence electrons. The van der Waals surface area contributed by atoms with E-state index in [1.165, 1.54) is 0 Å². The summed E-state index contributed by atoms with van der Waals surface area (Å²) in [5, 5.41) is 0. The van der Waals surface area contributed by atoms with E-state index in [9.17, 15) is 9.59 Å². The second kappa shape index (κ2) is 27.7. The Hall–Kier alpha value is -5.20. The maximum atomic E-state index is 13.6. The number of nitrogens with one attached hydrogen (secondary N) is 3. The van der Waals surface area contributed by atoms with Crippen LogP contribution in [-0.4, -0.2) is 160 Å². The molecule has 0 aliphatic heterocycles. The third-order valence-electron chi connectivity index (χ3n) is 8.97. The molecule has 0 bridgehead atoms. The van der Waals surface area contributed by atoms with Crippen LogP contribution < -0.4 is 25.6 Å². The van der Waals surface area contributed by atoms with Gasteiger partial charge in [-0.15, -0.1) is 0 Å². The first-order valence-electron chi connectivity index (χ1n) is 20.5. The van der Waals surface area contributed by atoms with Gasteiger partial charge in [-0.25, -0.2) is 9.59 Å². The van der Waals surface area contributed by atoms with Crippen molar-refractivity contribution in [1.82, 2.24) is 19.5 Å². The lowest BCUT2D eigenvalue weighted by Gasteiger charge is -2.19. The third kappa shape index (κ3) is 15.6. The Balaban J connectivity index is 1.36. The molecule has 0 fully saturated rings. The van der Waals surface area contributed by atoms with Crippen LogP contribution in [0.15, 0.2) is 58.1 Å². The average Bonchev–Trinajstić information content (AvgIpc) is 3.82. The van der Waals surface area contributed by atoms with Crippen LogP contribution in [0.4, 0.5) is 0 Å². The molecule has 0 radical (unpaired) electrons. The van der Waals surface area contributed by atoms with Gasteiger partial charge in [-0.1, -0.05) is 24.0 Å². The summed E-state index contributed by atoms with van der Waals surface area (Å²) in [4.78, 5) is 34.1. The molecule has 0 aliphatic rings. The highest BCUT2D eigenvalue weighted by atomic mass is 16.6. The van der Waals surface area contributed by atoms with Crippen LogP contribution in [0.1, 0.15) is 16.7 Å². The molecule has 0 unspecified atom stereocenters. The van der Waals surface area contributed by atoms with Crippen molar-refractivity contribution in [2.75, 3.05) is 140 Å². The van der Waals surface area contributed by atoms with Crippen LogP contribution in [0, 0.1) is 11.8 Å². The van der Waals surface area contributed by atoms with Crippen LogP contribution >= 0.6 is 0 Å². The summed E-state index contributed by atoms with van der Waals surface area (Å²) < 4.78 is 69.2. The minimum absolute atomic E-state index is 0.156. The van der Waals surface area contributed by atoms with Gasteiger partial charge in [0.2, 0.25) is 5.75 Å². The third-order valence-corrected chi connectivity index (χ3v) is 8.97. The topological polar surface area (TPSA) is 197 Å². The first kappa shape index (κ1) is 47.8. The molecule has 0 amide bonds. The second-order valence-electron chi connectivity index (χ2n) is 13.4. The van der Waals surface area contributed by atoms with E-state index in [1.54, 1.807) is 32.0 Å². The van der Waals surface area contributed by atoms with Crippen molar-refractivity contribution in [3.05, 3.63) is 86.2 Å². The van der Waals surface area contributed by atoms with Crippen LogP contribution in [0.5, 0.6) is 17.2 Å². The smallest absolute Gasteiger partial charge is 0.326 e. The summed E-state index contributed by atoms with van der Waals surface area (Å²) >= 11 is 0. The maximum absolute atomic E-state index is 13.6. The van der Waals surface area contributed by atoms with Gasteiger partial charge in [0.25, 0.3) is 0 Å². The lowest BCUT2D eigenvalue weighted by molar-refractivity contribution is 0.0146. The monoisotopic (exact) mass is 866 g/mol. The van der Waals surface area contributed by atoms with Crippen LogP contribution in [-0.2, 0) is 49.2 Å². The van der Waals surface area contributed by atoms with Gasteiger partial charge >= 0.3 is 11.4 Å². The van der Waals surface area contributed by atoms with Crippen LogP contribution in [0.25, 0.3) is 22.1 Å². The minimum atomic E-state index is -0.331. The summed E-state index contributed by atoms with van der Waals surface area (Å²) in [6.45, 7) is 6.92. The van der Waals surface area contributed by atoms with Gasteiger partial charge in [-0.3, -0.25) is 4.57 Å². The highest BCUT2D eigenvalue weighted by molar-refractivity contribution is 5.84. The summed E-state index contributed by atoms with van der Waals surface area (Å²) in [5.74, 6) is 7.48. The van der Waals surface area contributed by atoms with Crippen molar-refractivity contribution in [2.24, 2.45) is 0 Å². The molecule has 5 rings (SSSR count). The maximum Gasteiger partial charge on any atom is 0.326 e. The number of imidazole rings is 2. The number of para-hydroxylation sites is 2. The van der Waals surface area contributed by atoms with E-state index in [0.717, 1.165) is 0 Å². The summed E-state index contributed by atoms with van der Waals surface area (Å²) in [6, 6.07) is 14.6. The molecule has 0 atom stereocenters. The predicted molar refractivity (Wildman–Crippen MR) is 230 cm³/mol. The molecule has 18 heteroatoms. The zero-order chi connectivity index (χ0) is 43.6. The highest BCUT2D eigenvalue weighted by Gasteiger charge is 2.19. The second-order valence-corrected chi connectivity index (χ2v) is 13.4. The minimum Gasteiger partial charge on any atom is -0.487 e. The van der Waals surface area contributed by atoms with Gasteiger partial charge in [-0.05, 0) is 42.0 Å². The number of H-pyrrole nitrogens is 3. The Morgan fingerprint density at radius 1 is 0.500 bits per heavy atom. The molecule has 3 N–H and O–H groups in total. The number of nitrogens with zero attached hydrogens (tertiary/aromatic N) is 1. The molecule has 3 aromatic carbocycles. The van der Waals surface area contributed by atoms with E-state index >= 15 is 0 Å². The largest absolute Gasteiger partial charge is 0.487 e. The standard InChI is InChI=1S/C44H58N4O14/c1-51-12-15-54-18-21-57-24-27-60-38-30-33(31-39(61-28-25-58-22-19-55-16-13-52-2)42(38)62-29-26-59-23-20-56-17-14-53-3)32-48-37-9-5-7-35(41(37)47-44(48)50)11-10-34-6-4-8-36-40(34)46-43(49)45-36/h4-9,30-31H,12-29,32H2,1-3H3,(H,47,50)(H2,45,46,49). The van der Waals surface area contributed by atoms with Gasteiger partial charge in [0.15, 0.2) is 11.5 Å². The molecule has 0 saturated carbocycles. The molecule has 5 aromatic rings. The van der Waals surface area contributed by atoms with Gasteiger partial charge in [0.05, 0.1) is 139 Å². The quantitative estimate of drug-likeness (QED) is 0.0421. The normalized spacial score (nSPS) is 11.3. The molecule has 2 heterocycles. The number of aromatic amines is 3. The number of hydrogen-bond donors (Lipinski definition) is 3. The Labute approximate surface area is 359 Å². The number of hydrogen-bond acceptors (Lipinski definition) is 14. The number of aromatic nitrogens is 4. The Kier molecular flexibility index (Phi) is 21.4. The van der Waals surface area contributed by atoms with Gasteiger partial charge in [-0.2, -0.15) is 0 Å². The number of rotatable bonds is 32. The van der Waals surface area contributed by atoms with Crippen molar-refractivity contribution in [2.45, 2.75) is 6.54 Å².